The molecule has 164 valence electrons. The summed E-state index contributed by atoms with van der Waals surface area (Å²) in [5.41, 5.74) is 0.267. The molecule has 1 amide bonds. The first kappa shape index (κ1) is 23.9. The van der Waals surface area contributed by atoms with Gasteiger partial charge in [0.2, 0.25) is 5.91 Å². The number of carbonyl (C=O) groups excluding carboxylic acids is 1. The van der Waals surface area contributed by atoms with Gasteiger partial charge in [-0.05, 0) is 31.2 Å². The third-order valence-electron chi connectivity index (χ3n) is 4.58. The second-order valence-corrected chi connectivity index (χ2v) is 6.60. The highest BCUT2D eigenvalue weighted by molar-refractivity contribution is 14.0. The number of halogens is 3. The second kappa shape index (κ2) is 11.7. The van der Waals surface area contributed by atoms with Crippen molar-refractivity contribution in [3.8, 4) is 0 Å². The van der Waals surface area contributed by atoms with Crippen LogP contribution in [0.15, 0.2) is 46.0 Å². The standard InChI is InChI=1S/C20H25F2N5O2.HI/c1-2-23-20(25-14-19(28)24-13-16-4-3-11-29-16)27-9-7-26(8-10-27)18-12-15(21)5-6-17(18)22;/h3-6,11-12H,2,7-10,13-14H2,1H3,(H,23,25)(H,24,28);1H. The van der Waals surface area contributed by atoms with E-state index in [9.17, 15) is 13.6 Å². The molecule has 30 heavy (non-hydrogen) atoms. The predicted octanol–water partition coefficient (Wildman–Crippen LogP) is 2.58. The van der Waals surface area contributed by atoms with E-state index >= 15 is 0 Å². The Kier molecular flexibility index (Phi) is 9.34. The maximum absolute atomic E-state index is 14.0. The van der Waals surface area contributed by atoms with Gasteiger partial charge in [0, 0.05) is 38.8 Å². The molecule has 0 unspecified atom stereocenters. The van der Waals surface area contributed by atoms with Crippen LogP contribution in [-0.2, 0) is 11.3 Å². The lowest BCUT2D eigenvalue weighted by Crippen LogP contribution is -2.53. The zero-order valence-electron chi connectivity index (χ0n) is 16.7. The van der Waals surface area contributed by atoms with Gasteiger partial charge in [0.05, 0.1) is 18.5 Å². The maximum atomic E-state index is 14.0. The number of rotatable bonds is 6. The maximum Gasteiger partial charge on any atom is 0.242 e. The van der Waals surface area contributed by atoms with Crippen molar-refractivity contribution in [1.29, 1.82) is 0 Å². The Labute approximate surface area is 191 Å². The van der Waals surface area contributed by atoms with Crippen molar-refractivity contribution in [3.05, 3.63) is 54.0 Å². The lowest BCUT2D eigenvalue weighted by molar-refractivity contribution is -0.119. The number of hydrogen-bond acceptors (Lipinski definition) is 4. The van der Waals surface area contributed by atoms with E-state index in [1.165, 1.54) is 6.07 Å². The van der Waals surface area contributed by atoms with Crippen molar-refractivity contribution in [2.75, 3.05) is 44.2 Å². The number of hydrogen-bond donors (Lipinski definition) is 2. The Morgan fingerprint density at radius 3 is 2.60 bits per heavy atom. The smallest absolute Gasteiger partial charge is 0.242 e. The lowest BCUT2D eigenvalue weighted by atomic mass is 10.2. The molecule has 2 heterocycles. The summed E-state index contributed by atoms with van der Waals surface area (Å²) >= 11 is 0. The number of benzene rings is 1. The van der Waals surface area contributed by atoms with Crippen molar-refractivity contribution in [1.82, 2.24) is 15.5 Å². The minimum absolute atomic E-state index is 0. The van der Waals surface area contributed by atoms with Crippen LogP contribution in [0.4, 0.5) is 14.5 Å². The van der Waals surface area contributed by atoms with Gasteiger partial charge >= 0.3 is 0 Å². The van der Waals surface area contributed by atoms with Gasteiger partial charge < -0.3 is 24.9 Å². The highest BCUT2D eigenvalue weighted by atomic mass is 127. The van der Waals surface area contributed by atoms with Gasteiger partial charge in [-0.1, -0.05) is 0 Å². The van der Waals surface area contributed by atoms with Gasteiger partial charge in [-0.15, -0.1) is 24.0 Å². The molecule has 0 radical (unpaired) electrons. The van der Waals surface area contributed by atoms with Crippen LogP contribution in [0.25, 0.3) is 0 Å². The third kappa shape index (κ3) is 6.57. The molecule has 0 saturated carbocycles. The van der Waals surface area contributed by atoms with E-state index in [0.29, 0.717) is 51.0 Å². The Balaban J connectivity index is 0.00000320. The minimum Gasteiger partial charge on any atom is -0.467 e. The fraction of sp³-hybridized carbons (Fsp3) is 0.400. The summed E-state index contributed by atoms with van der Waals surface area (Å²) in [4.78, 5) is 20.3. The van der Waals surface area contributed by atoms with E-state index in [4.69, 9.17) is 4.42 Å². The van der Waals surface area contributed by atoms with Crippen LogP contribution < -0.4 is 15.5 Å². The molecule has 10 heteroatoms. The molecule has 1 saturated heterocycles. The topological polar surface area (TPSA) is 73.1 Å². The number of anilines is 1. The molecule has 0 spiro atoms. The largest absolute Gasteiger partial charge is 0.467 e. The second-order valence-electron chi connectivity index (χ2n) is 6.60. The van der Waals surface area contributed by atoms with E-state index in [1.807, 2.05) is 16.7 Å². The summed E-state index contributed by atoms with van der Waals surface area (Å²) in [6.07, 6.45) is 1.55. The van der Waals surface area contributed by atoms with Crippen LogP contribution in [0.1, 0.15) is 12.7 Å². The van der Waals surface area contributed by atoms with Crippen molar-refractivity contribution in [2.45, 2.75) is 13.5 Å². The zero-order chi connectivity index (χ0) is 20.6. The summed E-state index contributed by atoms with van der Waals surface area (Å²) in [5, 5.41) is 5.93. The van der Waals surface area contributed by atoms with E-state index in [2.05, 4.69) is 15.6 Å². The summed E-state index contributed by atoms with van der Waals surface area (Å²) < 4.78 is 32.6. The number of guanidine groups is 1. The van der Waals surface area contributed by atoms with E-state index in [0.717, 1.165) is 12.1 Å². The van der Waals surface area contributed by atoms with E-state index < -0.39 is 11.6 Å². The number of piperazine rings is 1. The van der Waals surface area contributed by atoms with Gasteiger partial charge in [-0.25, -0.2) is 13.8 Å². The average Bonchev–Trinajstić information content (AvgIpc) is 3.25. The highest BCUT2D eigenvalue weighted by Crippen LogP contribution is 2.21. The first-order valence-corrected chi connectivity index (χ1v) is 9.59. The Hall–Kier alpha value is -2.37. The molecule has 2 aromatic rings. The minimum atomic E-state index is -0.459. The summed E-state index contributed by atoms with van der Waals surface area (Å²) in [5.74, 6) is 0.195. The van der Waals surface area contributed by atoms with Gasteiger partial charge in [-0.3, -0.25) is 4.79 Å². The van der Waals surface area contributed by atoms with Crippen LogP contribution in [0.2, 0.25) is 0 Å². The summed E-state index contributed by atoms with van der Waals surface area (Å²) in [7, 11) is 0. The van der Waals surface area contributed by atoms with Crippen LogP contribution in [0, 0.1) is 11.6 Å². The molecule has 1 aromatic carbocycles. The zero-order valence-corrected chi connectivity index (χ0v) is 19.1. The highest BCUT2D eigenvalue weighted by Gasteiger charge is 2.22. The van der Waals surface area contributed by atoms with E-state index in [1.54, 1.807) is 18.4 Å². The fourth-order valence-corrected chi connectivity index (χ4v) is 3.11. The van der Waals surface area contributed by atoms with Gasteiger partial charge in [-0.2, -0.15) is 0 Å². The molecule has 2 N–H and O–H groups in total. The number of amides is 1. The number of carbonyl (C=O) groups is 1. The third-order valence-corrected chi connectivity index (χ3v) is 4.58. The molecule has 1 aliphatic heterocycles. The molecule has 1 aromatic heterocycles. The molecule has 1 fully saturated rings. The first-order valence-electron chi connectivity index (χ1n) is 9.59. The predicted molar refractivity (Wildman–Crippen MR) is 122 cm³/mol. The van der Waals surface area contributed by atoms with Crippen LogP contribution in [0.5, 0.6) is 0 Å². The van der Waals surface area contributed by atoms with Gasteiger partial charge in [0.15, 0.2) is 5.96 Å². The molecular formula is C20H26F2IN5O2. The van der Waals surface area contributed by atoms with Crippen LogP contribution in [0.3, 0.4) is 0 Å². The SMILES string of the molecule is CCNC(=NCC(=O)NCc1ccco1)N1CCN(c2cc(F)ccc2F)CC1.I. The molecule has 0 atom stereocenters. The Morgan fingerprint density at radius 2 is 1.93 bits per heavy atom. The summed E-state index contributed by atoms with van der Waals surface area (Å²) in [6.45, 7) is 5.12. The van der Waals surface area contributed by atoms with Gasteiger partial charge in [0.25, 0.3) is 0 Å². The van der Waals surface area contributed by atoms with Crippen molar-refractivity contribution in [2.24, 2.45) is 4.99 Å². The number of furan rings is 1. The lowest BCUT2D eigenvalue weighted by Gasteiger charge is -2.37. The number of nitrogens with zero attached hydrogens (tertiary/aromatic N) is 3. The number of nitrogens with one attached hydrogen (secondary N) is 2. The average molecular weight is 533 g/mol. The monoisotopic (exact) mass is 533 g/mol. The normalized spacial score (nSPS) is 14.3. The fourth-order valence-electron chi connectivity index (χ4n) is 3.11. The Morgan fingerprint density at radius 1 is 1.17 bits per heavy atom. The molecular weight excluding hydrogens is 507 g/mol. The molecule has 0 aliphatic carbocycles. The van der Waals surface area contributed by atoms with Crippen LogP contribution in [-0.4, -0.2) is 56.0 Å². The molecule has 3 rings (SSSR count). The quantitative estimate of drug-likeness (QED) is 0.340. The first-order chi connectivity index (χ1) is 14.1. The van der Waals surface area contributed by atoms with Crippen LogP contribution >= 0.6 is 24.0 Å². The molecule has 7 nitrogen and oxygen atoms in total. The van der Waals surface area contributed by atoms with Crippen molar-refractivity contribution < 1.29 is 18.0 Å². The number of aliphatic imine (C=N–C) groups is 1. The molecule has 0 bridgehead atoms. The van der Waals surface area contributed by atoms with Crippen molar-refractivity contribution >= 4 is 41.5 Å². The van der Waals surface area contributed by atoms with E-state index in [-0.39, 0.29) is 42.1 Å². The molecule has 1 aliphatic rings. The Bertz CT molecular complexity index is 840. The van der Waals surface area contributed by atoms with Crippen molar-refractivity contribution in [3.63, 3.8) is 0 Å². The van der Waals surface area contributed by atoms with Gasteiger partial charge in [0.1, 0.15) is 23.9 Å². The summed E-state index contributed by atoms with van der Waals surface area (Å²) in [6, 6.07) is 7.02.